The second-order valence-corrected chi connectivity index (χ2v) is 7.96. The zero-order valence-electron chi connectivity index (χ0n) is 17.9. The van der Waals surface area contributed by atoms with Crippen LogP contribution in [-0.2, 0) is 14.3 Å². The average molecular weight is 405 g/mol. The Balaban J connectivity index is 1.82. The molecule has 4 rings (SSSR count). The van der Waals surface area contributed by atoms with Crippen molar-refractivity contribution in [3.63, 3.8) is 0 Å². The van der Waals surface area contributed by atoms with Crippen molar-refractivity contribution in [3.8, 4) is 0 Å². The number of likely N-dealkylation sites (N-methyl/N-ethyl adjacent to an activating group) is 1. The maximum atomic E-state index is 13.6. The summed E-state index contributed by atoms with van der Waals surface area (Å²) in [7, 11) is 0. The van der Waals surface area contributed by atoms with Crippen LogP contribution in [-0.4, -0.2) is 42.5 Å². The molecule has 30 heavy (non-hydrogen) atoms. The summed E-state index contributed by atoms with van der Waals surface area (Å²) in [5, 5.41) is 0. The number of carbonyl (C=O) groups is 2. The van der Waals surface area contributed by atoms with Crippen LogP contribution in [0.25, 0.3) is 5.57 Å². The highest BCUT2D eigenvalue weighted by Gasteiger charge is 2.43. The Morgan fingerprint density at radius 1 is 1.03 bits per heavy atom. The van der Waals surface area contributed by atoms with Crippen molar-refractivity contribution in [1.82, 2.24) is 4.90 Å². The number of nitrogens with zero attached hydrogens (tertiary/aromatic N) is 2. The van der Waals surface area contributed by atoms with Crippen LogP contribution < -0.4 is 4.90 Å². The Bertz CT molecular complexity index is 991. The number of hydrogen-bond donors (Lipinski definition) is 0. The van der Waals surface area contributed by atoms with Gasteiger partial charge in [-0.15, -0.1) is 0 Å². The van der Waals surface area contributed by atoms with E-state index in [0.717, 1.165) is 35.2 Å². The van der Waals surface area contributed by atoms with E-state index in [0.29, 0.717) is 31.0 Å². The van der Waals surface area contributed by atoms with E-state index < -0.39 is 0 Å². The molecular formula is C25H28N2O3. The topological polar surface area (TPSA) is 49.9 Å². The first-order valence-corrected chi connectivity index (χ1v) is 10.6. The minimum Gasteiger partial charge on any atom is -0.376 e. The first kappa shape index (κ1) is 20.4. The highest BCUT2D eigenvalue weighted by atomic mass is 16.5. The lowest BCUT2D eigenvalue weighted by molar-refractivity contribution is -0.138. The van der Waals surface area contributed by atoms with Gasteiger partial charge in [-0.05, 0) is 62.4 Å². The number of aryl methyl sites for hydroxylation is 2. The lowest BCUT2D eigenvalue weighted by Gasteiger charge is -2.25. The van der Waals surface area contributed by atoms with Crippen LogP contribution in [0.2, 0.25) is 0 Å². The molecule has 0 aliphatic carbocycles. The predicted molar refractivity (Wildman–Crippen MR) is 118 cm³/mol. The number of hydrogen-bond acceptors (Lipinski definition) is 4. The van der Waals surface area contributed by atoms with E-state index >= 15 is 0 Å². The highest BCUT2D eigenvalue weighted by Crippen LogP contribution is 2.35. The molecular weight excluding hydrogens is 376 g/mol. The van der Waals surface area contributed by atoms with Gasteiger partial charge in [0.2, 0.25) is 0 Å². The van der Waals surface area contributed by atoms with Crippen LogP contribution in [0, 0.1) is 13.8 Å². The molecule has 1 fully saturated rings. The van der Waals surface area contributed by atoms with Gasteiger partial charge in [0.25, 0.3) is 11.8 Å². The molecule has 0 N–H and O–H groups in total. The number of carbonyl (C=O) groups excluding carboxylic acids is 2. The van der Waals surface area contributed by atoms with Crippen molar-refractivity contribution >= 4 is 23.1 Å². The zero-order valence-corrected chi connectivity index (χ0v) is 17.9. The minimum atomic E-state index is -0.241. The van der Waals surface area contributed by atoms with E-state index in [9.17, 15) is 9.59 Å². The molecule has 0 radical (unpaired) electrons. The Kier molecular flexibility index (Phi) is 5.73. The number of anilines is 1. The molecule has 0 aromatic heterocycles. The monoisotopic (exact) mass is 404 g/mol. The number of rotatable bonds is 6. The zero-order chi connectivity index (χ0) is 21.3. The summed E-state index contributed by atoms with van der Waals surface area (Å²) in [6.45, 7) is 7.65. The molecule has 5 heteroatoms. The van der Waals surface area contributed by atoms with Gasteiger partial charge in [-0.25, -0.2) is 0 Å². The van der Waals surface area contributed by atoms with E-state index in [1.54, 1.807) is 0 Å². The van der Waals surface area contributed by atoms with E-state index in [1.807, 2.05) is 74.2 Å². The van der Waals surface area contributed by atoms with Gasteiger partial charge in [0.05, 0.1) is 18.2 Å². The fourth-order valence-electron chi connectivity index (χ4n) is 4.21. The second-order valence-electron chi connectivity index (χ2n) is 7.96. The van der Waals surface area contributed by atoms with Crippen molar-refractivity contribution in [2.75, 3.05) is 24.6 Å². The molecule has 2 aliphatic heterocycles. The lowest BCUT2D eigenvalue weighted by Crippen LogP contribution is -2.40. The first-order valence-electron chi connectivity index (χ1n) is 10.6. The summed E-state index contributed by atoms with van der Waals surface area (Å²) in [4.78, 5) is 30.4. The van der Waals surface area contributed by atoms with Gasteiger partial charge < -0.3 is 9.64 Å². The summed E-state index contributed by atoms with van der Waals surface area (Å²) in [5.74, 6) is -0.474. The van der Waals surface area contributed by atoms with Crippen LogP contribution in [0.3, 0.4) is 0 Å². The SMILES string of the molecule is CCN(C1=C(c2ccc(C)c(C)c2)C(=O)N(CC2CCCO2)C1=O)c1ccccc1. The van der Waals surface area contributed by atoms with Crippen molar-refractivity contribution < 1.29 is 14.3 Å². The molecule has 2 amide bonds. The number of benzene rings is 2. The quantitative estimate of drug-likeness (QED) is 0.681. The van der Waals surface area contributed by atoms with Crippen LogP contribution in [0.15, 0.2) is 54.2 Å². The maximum Gasteiger partial charge on any atom is 0.278 e. The molecule has 2 aromatic carbocycles. The Morgan fingerprint density at radius 3 is 2.43 bits per heavy atom. The first-order chi connectivity index (χ1) is 14.5. The number of imide groups is 1. The predicted octanol–water partition coefficient (Wildman–Crippen LogP) is 4.09. The van der Waals surface area contributed by atoms with Gasteiger partial charge in [-0.3, -0.25) is 14.5 Å². The van der Waals surface area contributed by atoms with Gasteiger partial charge in [0.1, 0.15) is 5.70 Å². The third-order valence-electron chi connectivity index (χ3n) is 6.00. The van der Waals surface area contributed by atoms with E-state index in [2.05, 4.69) is 0 Å². The molecule has 156 valence electrons. The molecule has 0 bridgehead atoms. The number of ether oxygens (including phenoxy) is 1. The largest absolute Gasteiger partial charge is 0.376 e. The standard InChI is InChI=1S/C25H28N2O3/c1-4-26(20-9-6-5-7-10-20)23-22(19-13-12-17(2)18(3)15-19)24(28)27(25(23)29)16-21-11-8-14-30-21/h5-7,9-10,12-13,15,21H,4,8,11,14,16H2,1-3H3. The summed E-state index contributed by atoms with van der Waals surface area (Å²) in [5.41, 5.74) is 4.87. The highest BCUT2D eigenvalue weighted by molar-refractivity contribution is 6.36. The summed E-state index contributed by atoms with van der Waals surface area (Å²) in [6, 6.07) is 15.7. The fraction of sp³-hybridized carbons (Fsp3) is 0.360. The fourth-order valence-corrected chi connectivity index (χ4v) is 4.21. The number of amides is 2. The van der Waals surface area contributed by atoms with Gasteiger partial charge in [-0.1, -0.05) is 36.4 Å². The minimum absolute atomic E-state index is 0.0787. The Hall–Kier alpha value is -2.92. The summed E-state index contributed by atoms with van der Waals surface area (Å²) < 4.78 is 5.72. The third kappa shape index (κ3) is 3.65. The molecule has 2 aliphatic rings. The second kappa shape index (κ2) is 8.44. The van der Waals surface area contributed by atoms with Crippen molar-refractivity contribution in [3.05, 3.63) is 70.9 Å². The maximum absolute atomic E-state index is 13.6. The van der Waals surface area contributed by atoms with Crippen molar-refractivity contribution in [2.45, 2.75) is 39.7 Å². The van der Waals surface area contributed by atoms with Gasteiger partial charge in [0.15, 0.2) is 0 Å². The Morgan fingerprint density at radius 2 is 1.80 bits per heavy atom. The average Bonchev–Trinajstić information content (AvgIpc) is 3.35. The smallest absolute Gasteiger partial charge is 0.278 e. The lowest BCUT2D eigenvalue weighted by atomic mass is 9.99. The Labute approximate surface area is 177 Å². The van der Waals surface area contributed by atoms with Crippen LogP contribution in [0.5, 0.6) is 0 Å². The molecule has 1 atom stereocenters. The number of para-hydroxylation sites is 1. The summed E-state index contributed by atoms with van der Waals surface area (Å²) in [6.07, 6.45) is 1.77. The van der Waals surface area contributed by atoms with Crippen molar-refractivity contribution in [2.24, 2.45) is 0 Å². The van der Waals surface area contributed by atoms with Gasteiger partial charge in [0, 0.05) is 18.8 Å². The van der Waals surface area contributed by atoms with Crippen LogP contribution in [0.1, 0.15) is 36.5 Å². The molecule has 5 nitrogen and oxygen atoms in total. The van der Waals surface area contributed by atoms with Crippen LogP contribution in [0.4, 0.5) is 5.69 Å². The molecule has 1 saturated heterocycles. The summed E-state index contributed by atoms with van der Waals surface area (Å²) >= 11 is 0. The van der Waals surface area contributed by atoms with E-state index in [4.69, 9.17) is 4.74 Å². The normalized spacial score (nSPS) is 19.2. The molecule has 2 aromatic rings. The van der Waals surface area contributed by atoms with E-state index in [-0.39, 0.29) is 17.9 Å². The molecule has 2 heterocycles. The molecule has 0 spiro atoms. The van der Waals surface area contributed by atoms with Crippen LogP contribution >= 0.6 is 0 Å². The molecule has 1 unspecified atom stereocenters. The third-order valence-corrected chi connectivity index (χ3v) is 6.00. The van der Waals surface area contributed by atoms with Gasteiger partial charge >= 0.3 is 0 Å². The van der Waals surface area contributed by atoms with E-state index in [1.165, 1.54) is 4.90 Å². The molecule has 0 saturated carbocycles. The van der Waals surface area contributed by atoms with Crippen molar-refractivity contribution in [1.29, 1.82) is 0 Å². The van der Waals surface area contributed by atoms with Gasteiger partial charge in [-0.2, -0.15) is 0 Å².